The van der Waals surface area contributed by atoms with Crippen LogP contribution >= 0.6 is 11.5 Å². The normalized spacial score (nSPS) is 12.4. The molecule has 0 aliphatic heterocycles. The van der Waals surface area contributed by atoms with E-state index >= 15 is 0 Å². The molecule has 2 rings (SSSR count). The highest BCUT2D eigenvalue weighted by Crippen LogP contribution is 2.32. The first kappa shape index (κ1) is 14.0. The molecule has 1 aromatic heterocycles. The minimum atomic E-state index is 0.0905. The Bertz CT molecular complexity index is 527. The molecule has 0 bridgehead atoms. The summed E-state index contributed by atoms with van der Waals surface area (Å²) >= 11 is 1.44. The van der Waals surface area contributed by atoms with E-state index in [1.54, 1.807) is 0 Å². The number of para-hydroxylation sites is 1. The molecule has 0 spiro atoms. The maximum absolute atomic E-state index is 5.73. The molecule has 0 radical (unpaired) electrons. The molecule has 0 amide bonds. The van der Waals surface area contributed by atoms with Crippen molar-refractivity contribution in [3.05, 3.63) is 40.4 Å². The summed E-state index contributed by atoms with van der Waals surface area (Å²) in [4.78, 5) is 1.15. The zero-order chi connectivity index (χ0) is 13.7. The van der Waals surface area contributed by atoms with Gasteiger partial charge in [0.25, 0.3) is 0 Å². The van der Waals surface area contributed by atoms with Crippen LogP contribution in [0.5, 0.6) is 5.75 Å². The second-order valence-corrected chi connectivity index (χ2v) is 4.97. The maximum atomic E-state index is 5.73. The number of hydrogen-bond acceptors (Lipinski definition) is 5. The zero-order valence-electron chi connectivity index (χ0n) is 11.5. The van der Waals surface area contributed by atoms with E-state index in [9.17, 15) is 0 Å². The molecule has 1 unspecified atom stereocenters. The summed E-state index contributed by atoms with van der Waals surface area (Å²) in [5.41, 5.74) is 2.11. The van der Waals surface area contributed by atoms with Crippen molar-refractivity contribution in [2.45, 2.75) is 26.8 Å². The number of aromatic nitrogens is 2. The quantitative estimate of drug-likeness (QED) is 0.882. The number of ether oxygens (including phenoxy) is 1. The smallest absolute Gasteiger partial charge is 0.124 e. The summed E-state index contributed by atoms with van der Waals surface area (Å²) in [5.74, 6) is 0.920. The standard InChI is InChI=1S/C14H19N3OS/c1-4-15-13(14-10(3)16-17-19-14)11-8-6-7-9-12(11)18-5-2/h6-9,13,15H,4-5H2,1-3H3. The molecule has 0 saturated carbocycles. The number of hydrogen-bond donors (Lipinski definition) is 1. The Morgan fingerprint density at radius 2 is 2.11 bits per heavy atom. The van der Waals surface area contributed by atoms with E-state index in [1.165, 1.54) is 11.5 Å². The van der Waals surface area contributed by atoms with Crippen molar-refractivity contribution in [3.8, 4) is 5.75 Å². The van der Waals surface area contributed by atoms with Crippen LogP contribution in [0.1, 0.15) is 36.0 Å². The van der Waals surface area contributed by atoms with Crippen molar-refractivity contribution < 1.29 is 4.74 Å². The molecule has 5 heteroatoms. The van der Waals surface area contributed by atoms with Crippen molar-refractivity contribution in [1.29, 1.82) is 0 Å². The van der Waals surface area contributed by atoms with E-state index < -0.39 is 0 Å². The van der Waals surface area contributed by atoms with Gasteiger partial charge in [-0.15, -0.1) is 5.10 Å². The monoisotopic (exact) mass is 277 g/mol. The minimum absolute atomic E-state index is 0.0905. The van der Waals surface area contributed by atoms with Crippen LogP contribution in [0.25, 0.3) is 0 Å². The van der Waals surface area contributed by atoms with Crippen molar-refractivity contribution in [2.75, 3.05) is 13.2 Å². The van der Waals surface area contributed by atoms with Crippen molar-refractivity contribution in [1.82, 2.24) is 14.9 Å². The highest BCUT2D eigenvalue weighted by molar-refractivity contribution is 7.05. The highest BCUT2D eigenvalue weighted by atomic mass is 32.1. The van der Waals surface area contributed by atoms with E-state index in [0.29, 0.717) is 6.61 Å². The number of aryl methyl sites for hydroxylation is 1. The third-order valence-electron chi connectivity index (χ3n) is 2.89. The van der Waals surface area contributed by atoms with Gasteiger partial charge in [-0.05, 0) is 38.0 Å². The van der Waals surface area contributed by atoms with Crippen LogP contribution in [0.4, 0.5) is 0 Å². The lowest BCUT2D eigenvalue weighted by Crippen LogP contribution is -2.22. The number of rotatable bonds is 6. The van der Waals surface area contributed by atoms with Gasteiger partial charge < -0.3 is 10.1 Å². The molecule has 0 saturated heterocycles. The summed E-state index contributed by atoms with van der Waals surface area (Å²) in [5, 5.41) is 7.60. The van der Waals surface area contributed by atoms with Crippen molar-refractivity contribution >= 4 is 11.5 Å². The topological polar surface area (TPSA) is 47.0 Å². The number of nitrogens with zero attached hydrogens (tertiary/aromatic N) is 2. The Kier molecular flexibility index (Phi) is 4.87. The lowest BCUT2D eigenvalue weighted by molar-refractivity contribution is 0.334. The molecule has 0 fully saturated rings. The lowest BCUT2D eigenvalue weighted by atomic mass is 10.0. The molecule has 0 aliphatic rings. The molecule has 4 nitrogen and oxygen atoms in total. The average molecular weight is 277 g/mol. The van der Waals surface area contributed by atoms with Gasteiger partial charge in [-0.2, -0.15) is 0 Å². The van der Waals surface area contributed by atoms with E-state index in [-0.39, 0.29) is 6.04 Å². The van der Waals surface area contributed by atoms with Crippen molar-refractivity contribution in [3.63, 3.8) is 0 Å². The largest absolute Gasteiger partial charge is 0.494 e. The lowest BCUT2D eigenvalue weighted by Gasteiger charge is -2.20. The van der Waals surface area contributed by atoms with Gasteiger partial charge in [-0.25, -0.2) is 0 Å². The molecule has 19 heavy (non-hydrogen) atoms. The maximum Gasteiger partial charge on any atom is 0.124 e. The predicted molar refractivity (Wildman–Crippen MR) is 77.8 cm³/mol. The van der Waals surface area contributed by atoms with Crippen LogP contribution < -0.4 is 10.1 Å². The van der Waals surface area contributed by atoms with Gasteiger partial charge in [-0.3, -0.25) is 0 Å². The number of benzene rings is 1. The van der Waals surface area contributed by atoms with Crippen LogP contribution in [0, 0.1) is 6.92 Å². The summed E-state index contributed by atoms with van der Waals surface area (Å²) < 4.78 is 9.76. The predicted octanol–water partition coefficient (Wildman–Crippen LogP) is 2.94. The van der Waals surface area contributed by atoms with Crippen LogP contribution in [-0.4, -0.2) is 22.7 Å². The van der Waals surface area contributed by atoms with E-state index in [4.69, 9.17) is 4.74 Å². The summed E-state index contributed by atoms with van der Waals surface area (Å²) in [7, 11) is 0. The highest BCUT2D eigenvalue weighted by Gasteiger charge is 2.21. The Labute approximate surface area is 118 Å². The molecule has 102 valence electrons. The fourth-order valence-corrected chi connectivity index (χ4v) is 2.80. The average Bonchev–Trinajstić information content (AvgIpc) is 2.84. The molecule has 1 heterocycles. The first-order chi connectivity index (χ1) is 9.27. The van der Waals surface area contributed by atoms with Crippen LogP contribution in [-0.2, 0) is 0 Å². The van der Waals surface area contributed by atoms with Gasteiger partial charge in [-0.1, -0.05) is 29.6 Å². The minimum Gasteiger partial charge on any atom is -0.494 e. The first-order valence-electron chi connectivity index (χ1n) is 6.51. The van der Waals surface area contributed by atoms with Gasteiger partial charge in [0.05, 0.1) is 23.2 Å². The fourth-order valence-electron chi connectivity index (χ4n) is 2.06. The third kappa shape index (κ3) is 3.11. The number of nitrogens with one attached hydrogen (secondary N) is 1. The SMILES string of the molecule is CCNC(c1ccccc1OCC)c1snnc1C. The molecular formula is C14H19N3OS. The fraction of sp³-hybridized carbons (Fsp3) is 0.429. The Balaban J connectivity index is 2.42. The van der Waals surface area contributed by atoms with Crippen LogP contribution in [0.3, 0.4) is 0 Å². The molecule has 1 aromatic carbocycles. The third-order valence-corrected chi connectivity index (χ3v) is 3.78. The van der Waals surface area contributed by atoms with Crippen LogP contribution in [0.2, 0.25) is 0 Å². The Hall–Kier alpha value is -1.46. The van der Waals surface area contributed by atoms with Gasteiger partial charge in [0, 0.05) is 5.56 Å². The molecule has 1 atom stereocenters. The van der Waals surface area contributed by atoms with Crippen molar-refractivity contribution in [2.24, 2.45) is 0 Å². The molecule has 0 aliphatic carbocycles. The van der Waals surface area contributed by atoms with Gasteiger partial charge in [0.2, 0.25) is 0 Å². The van der Waals surface area contributed by atoms with Crippen LogP contribution in [0.15, 0.2) is 24.3 Å². The summed E-state index contributed by atoms with van der Waals surface area (Å²) in [6.07, 6.45) is 0. The van der Waals surface area contributed by atoms with Gasteiger partial charge in [0.15, 0.2) is 0 Å². The van der Waals surface area contributed by atoms with E-state index in [1.807, 2.05) is 32.0 Å². The second kappa shape index (κ2) is 6.63. The summed E-state index contributed by atoms with van der Waals surface area (Å²) in [6.45, 7) is 7.63. The van der Waals surface area contributed by atoms with Gasteiger partial charge >= 0.3 is 0 Å². The van der Waals surface area contributed by atoms with E-state index in [0.717, 1.165) is 28.4 Å². The Morgan fingerprint density at radius 3 is 2.74 bits per heavy atom. The Morgan fingerprint density at radius 1 is 1.32 bits per heavy atom. The first-order valence-corrected chi connectivity index (χ1v) is 7.29. The molecule has 2 aromatic rings. The van der Waals surface area contributed by atoms with Gasteiger partial charge in [0.1, 0.15) is 5.75 Å². The second-order valence-electron chi connectivity index (χ2n) is 4.18. The molecular weight excluding hydrogens is 258 g/mol. The summed E-state index contributed by atoms with van der Waals surface area (Å²) in [6, 6.07) is 8.22. The zero-order valence-corrected chi connectivity index (χ0v) is 12.3. The van der Waals surface area contributed by atoms with E-state index in [2.05, 4.69) is 27.9 Å². The molecule has 1 N–H and O–H groups in total.